The molecular weight excluding hydrogens is 223 g/mol. The second kappa shape index (κ2) is 5.75. The quantitative estimate of drug-likeness (QED) is 0.464. The van der Waals surface area contributed by atoms with E-state index >= 15 is 0 Å². The Balaban J connectivity index is 0.00000196. The molecule has 0 saturated carbocycles. The number of nitrogens with two attached hydrogens (primary N) is 2. The number of hydrogen-bond donors (Lipinski definition) is 4. The molecule has 0 bridgehead atoms. The Bertz CT molecular complexity index is 336. The maximum Gasteiger partial charge on any atom is 0.143 e. The Morgan fingerprint density at radius 1 is 1.40 bits per heavy atom. The summed E-state index contributed by atoms with van der Waals surface area (Å²) < 4.78 is 12.9. The zero-order chi connectivity index (χ0) is 10.7. The number of aliphatic hydroxyl groups is 1. The number of phenols is 1. The average molecular weight is 237 g/mol. The minimum absolute atomic E-state index is 0. The second-order valence-corrected chi connectivity index (χ2v) is 3.05. The molecule has 0 fully saturated rings. The first-order valence-electron chi connectivity index (χ1n) is 4.20. The van der Waals surface area contributed by atoms with Crippen molar-refractivity contribution in [3.05, 3.63) is 23.5 Å². The SMILES string of the molecule is Cl.Nc1cc(F)cc([C@H](N)CCO)c1O. The maximum absolute atomic E-state index is 12.9. The molecule has 0 radical (unpaired) electrons. The first kappa shape index (κ1) is 14.0. The van der Waals surface area contributed by atoms with Crippen LogP contribution in [0, 0.1) is 5.82 Å². The third kappa shape index (κ3) is 3.23. The van der Waals surface area contributed by atoms with Crippen LogP contribution < -0.4 is 11.5 Å². The average Bonchev–Trinajstić information content (AvgIpc) is 2.11. The van der Waals surface area contributed by atoms with Crippen molar-refractivity contribution >= 4 is 18.1 Å². The van der Waals surface area contributed by atoms with E-state index in [9.17, 15) is 9.50 Å². The van der Waals surface area contributed by atoms with Gasteiger partial charge in [-0.1, -0.05) is 0 Å². The van der Waals surface area contributed by atoms with Gasteiger partial charge in [-0.3, -0.25) is 0 Å². The van der Waals surface area contributed by atoms with Gasteiger partial charge in [0, 0.05) is 24.3 Å². The van der Waals surface area contributed by atoms with Crippen molar-refractivity contribution in [1.29, 1.82) is 0 Å². The molecule has 0 heterocycles. The van der Waals surface area contributed by atoms with Gasteiger partial charge in [0.1, 0.15) is 11.6 Å². The molecule has 4 nitrogen and oxygen atoms in total. The molecule has 15 heavy (non-hydrogen) atoms. The monoisotopic (exact) mass is 236 g/mol. The molecule has 0 aliphatic heterocycles. The summed E-state index contributed by atoms with van der Waals surface area (Å²) in [5, 5.41) is 18.1. The minimum atomic E-state index is -0.613. The predicted molar refractivity (Wildman–Crippen MR) is 58.4 cm³/mol. The van der Waals surface area contributed by atoms with Crippen LogP contribution >= 0.6 is 12.4 Å². The molecule has 6 N–H and O–H groups in total. The molecule has 86 valence electrons. The fourth-order valence-electron chi connectivity index (χ4n) is 1.22. The number of aliphatic hydroxyl groups excluding tert-OH is 1. The Hall–Kier alpha value is -1.04. The molecule has 6 heteroatoms. The summed E-state index contributed by atoms with van der Waals surface area (Å²) >= 11 is 0. The first-order valence-corrected chi connectivity index (χ1v) is 4.20. The zero-order valence-electron chi connectivity index (χ0n) is 7.98. The van der Waals surface area contributed by atoms with Gasteiger partial charge in [-0.15, -0.1) is 12.4 Å². The van der Waals surface area contributed by atoms with Crippen molar-refractivity contribution < 1.29 is 14.6 Å². The highest BCUT2D eigenvalue weighted by Crippen LogP contribution is 2.31. The van der Waals surface area contributed by atoms with E-state index in [2.05, 4.69) is 0 Å². The van der Waals surface area contributed by atoms with E-state index in [0.717, 1.165) is 12.1 Å². The molecule has 1 aromatic carbocycles. The minimum Gasteiger partial charge on any atom is -0.505 e. The van der Waals surface area contributed by atoms with Gasteiger partial charge in [-0.2, -0.15) is 0 Å². The Morgan fingerprint density at radius 3 is 2.53 bits per heavy atom. The van der Waals surface area contributed by atoms with Crippen LogP contribution in [0.1, 0.15) is 18.0 Å². The number of rotatable bonds is 3. The standard InChI is InChI=1S/C9H13FN2O2.ClH/c10-5-3-6(7(11)1-2-13)9(14)8(12)4-5;/h3-4,7,13-14H,1-2,11-12H2;1H/t7-;/m1./s1. The van der Waals surface area contributed by atoms with Crippen LogP contribution in [0.4, 0.5) is 10.1 Å². The van der Waals surface area contributed by atoms with E-state index in [1.54, 1.807) is 0 Å². The van der Waals surface area contributed by atoms with E-state index < -0.39 is 11.9 Å². The molecule has 0 spiro atoms. The number of phenolic OH excluding ortho intramolecular Hbond substituents is 1. The fourth-order valence-corrected chi connectivity index (χ4v) is 1.22. The first-order chi connectivity index (χ1) is 6.56. The number of halogens is 2. The summed E-state index contributed by atoms with van der Waals surface area (Å²) in [6.07, 6.45) is 0.246. The zero-order valence-corrected chi connectivity index (χ0v) is 8.80. The molecule has 0 aromatic heterocycles. The number of hydrogen-bond acceptors (Lipinski definition) is 4. The predicted octanol–water partition coefficient (Wildman–Crippen LogP) is 0.917. The van der Waals surface area contributed by atoms with Crippen molar-refractivity contribution in [3.63, 3.8) is 0 Å². The lowest BCUT2D eigenvalue weighted by Gasteiger charge is -2.13. The number of nitrogen functional groups attached to an aromatic ring is 1. The molecule has 1 aromatic rings. The van der Waals surface area contributed by atoms with Gasteiger partial charge in [-0.25, -0.2) is 4.39 Å². The normalized spacial score (nSPS) is 11.9. The van der Waals surface area contributed by atoms with E-state index in [0.29, 0.717) is 0 Å². The van der Waals surface area contributed by atoms with Crippen molar-refractivity contribution in [3.8, 4) is 5.75 Å². The van der Waals surface area contributed by atoms with Gasteiger partial charge in [0.05, 0.1) is 5.69 Å². The third-order valence-corrected chi connectivity index (χ3v) is 1.97. The Labute approximate surface area is 93.1 Å². The van der Waals surface area contributed by atoms with Gasteiger partial charge in [0.15, 0.2) is 0 Å². The van der Waals surface area contributed by atoms with Crippen LogP contribution in [0.15, 0.2) is 12.1 Å². The third-order valence-electron chi connectivity index (χ3n) is 1.97. The molecular formula is C9H14ClFN2O2. The number of benzene rings is 1. The summed E-state index contributed by atoms with van der Waals surface area (Å²) in [5.74, 6) is -0.768. The summed E-state index contributed by atoms with van der Waals surface area (Å²) in [6, 6.07) is 1.52. The molecule has 0 aliphatic carbocycles. The molecule has 1 rings (SSSR count). The summed E-state index contributed by atoms with van der Waals surface area (Å²) in [5.41, 5.74) is 11.1. The van der Waals surface area contributed by atoms with Gasteiger partial charge < -0.3 is 21.7 Å². The van der Waals surface area contributed by atoms with Crippen LogP contribution in [0.25, 0.3) is 0 Å². The molecule has 1 atom stereocenters. The van der Waals surface area contributed by atoms with Crippen molar-refractivity contribution in [2.45, 2.75) is 12.5 Å². The highest BCUT2D eigenvalue weighted by molar-refractivity contribution is 5.85. The van der Waals surface area contributed by atoms with Crippen molar-refractivity contribution in [2.75, 3.05) is 12.3 Å². The summed E-state index contributed by atoms with van der Waals surface area (Å²) in [6.45, 7) is -0.128. The highest BCUT2D eigenvalue weighted by atomic mass is 35.5. The van der Waals surface area contributed by atoms with Crippen LogP contribution in [0.2, 0.25) is 0 Å². The van der Waals surface area contributed by atoms with Gasteiger partial charge in [0.25, 0.3) is 0 Å². The van der Waals surface area contributed by atoms with Gasteiger partial charge >= 0.3 is 0 Å². The molecule has 0 saturated heterocycles. The molecule has 0 unspecified atom stereocenters. The Kier molecular flexibility index (Phi) is 5.35. The van der Waals surface area contributed by atoms with Gasteiger partial charge in [0.2, 0.25) is 0 Å². The van der Waals surface area contributed by atoms with Crippen molar-refractivity contribution in [1.82, 2.24) is 0 Å². The largest absolute Gasteiger partial charge is 0.505 e. The maximum atomic E-state index is 12.9. The van der Waals surface area contributed by atoms with Crippen LogP contribution in [0.3, 0.4) is 0 Å². The summed E-state index contributed by atoms with van der Waals surface area (Å²) in [7, 11) is 0. The van der Waals surface area contributed by atoms with Crippen LogP contribution in [-0.2, 0) is 0 Å². The lowest BCUT2D eigenvalue weighted by molar-refractivity contribution is 0.275. The smallest absolute Gasteiger partial charge is 0.143 e. The highest BCUT2D eigenvalue weighted by Gasteiger charge is 2.14. The fraction of sp³-hybridized carbons (Fsp3) is 0.333. The number of anilines is 1. The Morgan fingerprint density at radius 2 is 2.00 bits per heavy atom. The van der Waals surface area contributed by atoms with E-state index in [-0.39, 0.29) is 42.4 Å². The van der Waals surface area contributed by atoms with E-state index in [1.165, 1.54) is 0 Å². The topological polar surface area (TPSA) is 92.5 Å². The van der Waals surface area contributed by atoms with E-state index in [4.69, 9.17) is 16.6 Å². The number of aromatic hydroxyl groups is 1. The lowest BCUT2D eigenvalue weighted by Crippen LogP contribution is -2.13. The van der Waals surface area contributed by atoms with Gasteiger partial charge in [-0.05, 0) is 12.5 Å². The second-order valence-electron chi connectivity index (χ2n) is 3.05. The van der Waals surface area contributed by atoms with Crippen LogP contribution in [-0.4, -0.2) is 16.8 Å². The van der Waals surface area contributed by atoms with Crippen LogP contribution in [0.5, 0.6) is 5.75 Å². The molecule has 0 aliphatic rings. The van der Waals surface area contributed by atoms with E-state index in [1.807, 2.05) is 0 Å². The summed E-state index contributed by atoms with van der Waals surface area (Å²) in [4.78, 5) is 0. The molecule has 0 amide bonds. The van der Waals surface area contributed by atoms with Crippen molar-refractivity contribution in [2.24, 2.45) is 5.73 Å². The lowest BCUT2D eigenvalue weighted by atomic mass is 10.0.